The molecule has 2 aromatic rings. The van der Waals surface area contributed by atoms with Crippen LogP contribution in [0.15, 0.2) is 12.1 Å². The number of aromatic nitrogens is 4. The number of carbonyl (C=O) groups excluding carboxylic acids is 1. The van der Waals surface area contributed by atoms with Crippen LogP contribution in [0.5, 0.6) is 0 Å². The lowest BCUT2D eigenvalue weighted by Crippen LogP contribution is -2.37. The van der Waals surface area contributed by atoms with Crippen LogP contribution in [0.3, 0.4) is 0 Å². The van der Waals surface area contributed by atoms with Gasteiger partial charge in [-0.25, -0.2) is 4.79 Å². The number of ether oxygens (including phenoxy) is 2. The molecule has 0 amide bonds. The molecule has 2 aromatic heterocycles. The van der Waals surface area contributed by atoms with E-state index in [1.165, 1.54) is 4.52 Å². The van der Waals surface area contributed by atoms with E-state index in [-0.39, 0.29) is 12.4 Å². The predicted octanol–water partition coefficient (Wildman–Crippen LogP) is 0.138. The first kappa shape index (κ1) is 12.8. The molecule has 1 fully saturated rings. The number of carbonyl (C=O) groups is 1. The molecule has 0 spiro atoms. The summed E-state index contributed by atoms with van der Waals surface area (Å²) in [5, 5.41) is 12.2. The predicted molar refractivity (Wildman–Crippen MR) is 69.8 cm³/mol. The van der Waals surface area contributed by atoms with E-state index >= 15 is 0 Å². The molecule has 1 aliphatic rings. The second-order valence-corrected chi connectivity index (χ2v) is 4.31. The molecule has 0 bridgehead atoms. The molecule has 8 heteroatoms. The quantitative estimate of drug-likeness (QED) is 0.738. The summed E-state index contributed by atoms with van der Waals surface area (Å²) in [6.07, 6.45) is 0. The summed E-state index contributed by atoms with van der Waals surface area (Å²) >= 11 is 0. The van der Waals surface area contributed by atoms with Gasteiger partial charge in [0.05, 0.1) is 19.8 Å². The molecule has 20 heavy (non-hydrogen) atoms. The van der Waals surface area contributed by atoms with E-state index in [2.05, 4.69) is 20.2 Å². The van der Waals surface area contributed by atoms with E-state index in [1.807, 2.05) is 6.07 Å². The average molecular weight is 277 g/mol. The lowest BCUT2D eigenvalue weighted by molar-refractivity contribution is 0.0509. The third kappa shape index (κ3) is 2.29. The average Bonchev–Trinajstić information content (AvgIpc) is 2.91. The lowest BCUT2D eigenvalue weighted by Gasteiger charge is -2.27. The smallest absolute Gasteiger partial charge is 0.378 e. The van der Waals surface area contributed by atoms with Crippen LogP contribution in [-0.4, -0.2) is 58.7 Å². The van der Waals surface area contributed by atoms with E-state index in [0.29, 0.717) is 18.9 Å². The highest BCUT2D eigenvalue weighted by molar-refractivity contribution is 5.86. The third-order valence-corrected chi connectivity index (χ3v) is 3.04. The van der Waals surface area contributed by atoms with Crippen molar-refractivity contribution in [2.45, 2.75) is 6.92 Å². The SMILES string of the molecule is CCOC(=O)c1nnc2ccc(N3CCOCC3)nn12. The van der Waals surface area contributed by atoms with Crippen LogP contribution in [0, 0.1) is 0 Å². The van der Waals surface area contributed by atoms with Gasteiger partial charge in [-0.1, -0.05) is 0 Å². The van der Waals surface area contributed by atoms with Gasteiger partial charge in [-0.15, -0.1) is 15.3 Å². The maximum absolute atomic E-state index is 11.8. The third-order valence-electron chi connectivity index (χ3n) is 3.04. The van der Waals surface area contributed by atoms with Crippen LogP contribution in [-0.2, 0) is 9.47 Å². The molecular weight excluding hydrogens is 262 g/mol. The first-order chi connectivity index (χ1) is 9.79. The minimum absolute atomic E-state index is 0.0944. The Balaban J connectivity index is 1.96. The first-order valence-electron chi connectivity index (χ1n) is 6.52. The Kier molecular flexibility index (Phi) is 3.46. The van der Waals surface area contributed by atoms with E-state index in [1.54, 1.807) is 13.0 Å². The van der Waals surface area contributed by atoms with Gasteiger partial charge in [0.1, 0.15) is 5.82 Å². The number of hydrogen-bond acceptors (Lipinski definition) is 7. The summed E-state index contributed by atoms with van der Waals surface area (Å²) in [6, 6.07) is 3.65. The second kappa shape index (κ2) is 5.41. The number of anilines is 1. The van der Waals surface area contributed by atoms with Gasteiger partial charge in [0, 0.05) is 13.1 Å². The van der Waals surface area contributed by atoms with E-state index in [4.69, 9.17) is 9.47 Å². The zero-order valence-corrected chi connectivity index (χ0v) is 11.2. The van der Waals surface area contributed by atoms with Crippen LogP contribution in [0.4, 0.5) is 5.82 Å². The summed E-state index contributed by atoms with van der Waals surface area (Å²) in [7, 11) is 0. The summed E-state index contributed by atoms with van der Waals surface area (Å²) < 4.78 is 11.7. The van der Waals surface area contributed by atoms with Crippen molar-refractivity contribution in [2.24, 2.45) is 0 Å². The van der Waals surface area contributed by atoms with Crippen LogP contribution < -0.4 is 4.90 Å². The minimum Gasteiger partial charge on any atom is -0.460 e. The van der Waals surface area contributed by atoms with Crippen LogP contribution >= 0.6 is 0 Å². The van der Waals surface area contributed by atoms with Gasteiger partial charge in [0.25, 0.3) is 5.82 Å². The van der Waals surface area contributed by atoms with Gasteiger partial charge in [0.15, 0.2) is 5.65 Å². The normalized spacial score (nSPS) is 15.6. The second-order valence-electron chi connectivity index (χ2n) is 4.31. The number of rotatable bonds is 3. The highest BCUT2D eigenvalue weighted by atomic mass is 16.5. The van der Waals surface area contributed by atoms with Crippen molar-refractivity contribution in [1.29, 1.82) is 0 Å². The van der Waals surface area contributed by atoms with Crippen molar-refractivity contribution in [3.63, 3.8) is 0 Å². The Labute approximate surface area is 115 Å². The number of hydrogen-bond donors (Lipinski definition) is 0. The van der Waals surface area contributed by atoms with Crippen molar-refractivity contribution >= 4 is 17.4 Å². The standard InChI is InChI=1S/C12H15N5O3/c1-2-20-12(18)11-14-13-9-3-4-10(15-17(9)11)16-5-7-19-8-6-16/h3-4H,2,5-8H2,1H3. The Morgan fingerprint density at radius 2 is 2.15 bits per heavy atom. The molecule has 8 nitrogen and oxygen atoms in total. The highest BCUT2D eigenvalue weighted by Gasteiger charge is 2.19. The fourth-order valence-corrected chi connectivity index (χ4v) is 2.06. The molecule has 1 saturated heterocycles. The molecule has 0 unspecified atom stereocenters. The maximum atomic E-state index is 11.8. The number of morpholine rings is 1. The highest BCUT2D eigenvalue weighted by Crippen LogP contribution is 2.14. The molecule has 3 rings (SSSR count). The van der Waals surface area contributed by atoms with Gasteiger partial charge in [0.2, 0.25) is 0 Å². The van der Waals surface area contributed by atoms with Gasteiger partial charge in [-0.3, -0.25) is 0 Å². The van der Waals surface area contributed by atoms with Crippen LogP contribution in [0.25, 0.3) is 5.65 Å². The number of fused-ring (bicyclic) bond motifs is 1. The van der Waals surface area contributed by atoms with E-state index in [0.717, 1.165) is 18.9 Å². The van der Waals surface area contributed by atoms with Gasteiger partial charge < -0.3 is 14.4 Å². The van der Waals surface area contributed by atoms with Gasteiger partial charge in [-0.2, -0.15) is 4.52 Å². The molecule has 0 saturated carbocycles. The zero-order chi connectivity index (χ0) is 13.9. The van der Waals surface area contributed by atoms with Crippen molar-refractivity contribution < 1.29 is 14.3 Å². The summed E-state index contributed by atoms with van der Waals surface area (Å²) in [4.78, 5) is 13.9. The fourth-order valence-electron chi connectivity index (χ4n) is 2.06. The molecule has 3 heterocycles. The fraction of sp³-hybridized carbons (Fsp3) is 0.500. The van der Waals surface area contributed by atoms with Crippen molar-refractivity contribution in [1.82, 2.24) is 19.8 Å². The largest absolute Gasteiger partial charge is 0.460 e. The molecule has 0 radical (unpaired) electrons. The Morgan fingerprint density at radius 3 is 2.90 bits per heavy atom. The topological polar surface area (TPSA) is 81.8 Å². The van der Waals surface area contributed by atoms with Crippen molar-refractivity contribution in [2.75, 3.05) is 37.8 Å². The molecule has 106 valence electrons. The monoisotopic (exact) mass is 277 g/mol. The van der Waals surface area contributed by atoms with E-state index in [9.17, 15) is 4.79 Å². The Bertz CT molecular complexity index is 621. The maximum Gasteiger partial charge on any atom is 0.378 e. The number of nitrogens with zero attached hydrogens (tertiary/aromatic N) is 5. The molecular formula is C12H15N5O3. The van der Waals surface area contributed by atoms with Gasteiger partial charge >= 0.3 is 5.97 Å². The van der Waals surface area contributed by atoms with Crippen LogP contribution in [0.2, 0.25) is 0 Å². The first-order valence-corrected chi connectivity index (χ1v) is 6.52. The molecule has 0 aromatic carbocycles. The zero-order valence-electron chi connectivity index (χ0n) is 11.2. The summed E-state index contributed by atoms with van der Waals surface area (Å²) in [6.45, 7) is 4.93. The molecule has 0 atom stereocenters. The molecule has 1 aliphatic heterocycles. The van der Waals surface area contributed by atoms with Crippen molar-refractivity contribution in [3.05, 3.63) is 18.0 Å². The van der Waals surface area contributed by atoms with Crippen LogP contribution in [0.1, 0.15) is 17.5 Å². The lowest BCUT2D eigenvalue weighted by atomic mass is 10.4. The summed E-state index contributed by atoms with van der Waals surface area (Å²) in [5.74, 6) is 0.342. The Morgan fingerprint density at radius 1 is 1.35 bits per heavy atom. The van der Waals surface area contributed by atoms with Crippen molar-refractivity contribution in [3.8, 4) is 0 Å². The molecule has 0 N–H and O–H groups in total. The van der Waals surface area contributed by atoms with E-state index < -0.39 is 5.97 Å². The summed E-state index contributed by atoms with van der Waals surface area (Å²) in [5.41, 5.74) is 0.519. The van der Waals surface area contributed by atoms with Gasteiger partial charge in [-0.05, 0) is 19.1 Å². The Hall–Kier alpha value is -2.22. The minimum atomic E-state index is -0.522. The number of esters is 1. The molecule has 0 aliphatic carbocycles.